The van der Waals surface area contributed by atoms with Crippen LogP contribution in [0.5, 0.6) is 0 Å². The monoisotopic (exact) mass is 325 g/mol. The molecule has 61 valence electrons. The third kappa shape index (κ3) is 6.60. The van der Waals surface area contributed by atoms with Gasteiger partial charge in [0.1, 0.15) is 0 Å². The molecule has 11 heavy (non-hydrogen) atoms. The molecule has 0 heterocycles. The van der Waals surface area contributed by atoms with Crippen LogP contribution >= 0.6 is 0 Å². The molecule has 0 atom stereocenters. The van der Waals surface area contributed by atoms with Crippen LogP contribution in [0.2, 0.25) is 0 Å². The van der Waals surface area contributed by atoms with Crippen molar-refractivity contribution in [2.24, 2.45) is 0 Å². The summed E-state index contributed by atoms with van der Waals surface area (Å²) in [4.78, 5) is 0. The van der Waals surface area contributed by atoms with E-state index in [0.29, 0.717) is 0 Å². The van der Waals surface area contributed by atoms with E-state index in [4.69, 9.17) is 0 Å². The van der Waals surface area contributed by atoms with Crippen molar-refractivity contribution in [3.63, 3.8) is 0 Å². The SMILES string of the molecule is CCCC1=C[CH]C=C1.[F][Hf][F]. The third-order valence-electron chi connectivity index (χ3n) is 1.27. The molecule has 0 unspecified atom stereocenters. The van der Waals surface area contributed by atoms with E-state index in [1.807, 2.05) is 0 Å². The van der Waals surface area contributed by atoms with Gasteiger partial charge in [-0.05, 0) is 6.42 Å². The molecule has 0 aromatic carbocycles. The first-order chi connectivity index (χ1) is 5.35. The summed E-state index contributed by atoms with van der Waals surface area (Å²) in [6.07, 6.45) is 11.0. The Morgan fingerprint density at radius 2 is 2.09 bits per heavy atom. The summed E-state index contributed by atoms with van der Waals surface area (Å²) in [6, 6.07) is 0. The molecule has 1 radical (unpaired) electrons. The summed E-state index contributed by atoms with van der Waals surface area (Å²) >= 11 is -2.92. The van der Waals surface area contributed by atoms with Crippen molar-refractivity contribution >= 4 is 0 Å². The zero-order valence-corrected chi connectivity index (χ0v) is 10.1. The Bertz CT molecular complexity index is 141. The third-order valence-corrected chi connectivity index (χ3v) is 1.27. The van der Waals surface area contributed by atoms with Crippen LogP contribution in [-0.4, -0.2) is 0 Å². The van der Waals surface area contributed by atoms with Crippen LogP contribution in [0.1, 0.15) is 19.8 Å². The molecular weight excluding hydrogens is 313 g/mol. The first-order valence-electron chi connectivity index (χ1n) is 3.52. The van der Waals surface area contributed by atoms with Crippen LogP contribution in [-0.2, 0) is 24.1 Å². The fraction of sp³-hybridized carbons (Fsp3) is 0.375. The van der Waals surface area contributed by atoms with Crippen molar-refractivity contribution < 1.29 is 29.4 Å². The van der Waals surface area contributed by atoms with Crippen LogP contribution < -0.4 is 0 Å². The van der Waals surface area contributed by atoms with E-state index in [9.17, 15) is 5.33 Å². The minimum absolute atomic E-state index is 1.23. The van der Waals surface area contributed by atoms with E-state index in [-0.39, 0.29) is 0 Å². The van der Waals surface area contributed by atoms with Crippen LogP contribution in [0.3, 0.4) is 0 Å². The van der Waals surface area contributed by atoms with Gasteiger partial charge >= 0.3 is 29.4 Å². The summed E-state index contributed by atoms with van der Waals surface area (Å²) < 4.78 is 19.6. The van der Waals surface area contributed by atoms with E-state index >= 15 is 0 Å². The second-order valence-electron chi connectivity index (χ2n) is 2.11. The molecule has 1 aliphatic carbocycles. The average Bonchev–Trinajstić information content (AvgIpc) is 2.42. The fourth-order valence-electron chi connectivity index (χ4n) is 0.869. The molecule has 0 saturated heterocycles. The van der Waals surface area contributed by atoms with Gasteiger partial charge in [-0.15, -0.1) is 0 Å². The van der Waals surface area contributed by atoms with E-state index in [1.165, 1.54) is 18.4 Å². The summed E-state index contributed by atoms with van der Waals surface area (Å²) in [5.74, 6) is 0. The maximum atomic E-state index is 9.82. The van der Waals surface area contributed by atoms with E-state index in [0.717, 1.165) is 0 Å². The fourth-order valence-corrected chi connectivity index (χ4v) is 0.869. The minimum atomic E-state index is -2.92. The van der Waals surface area contributed by atoms with Gasteiger partial charge in [-0.3, -0.25) is 0 Å². The number of hydrogen-bond acceptors (Lipinski definition) is 0. The Hall–Kier alpha value is 0.210. The molecule has 0 amide bonds. The summed E-state index contributed by atoms with van der Waals surface area (Å²) in [5.41, 5.74) is 1.47. The van der Waals surface area contributed by atoms with Gasteiger partial charge in [-0.25, -0.2) is 0 Å². The van der Waals surface area contributed by atoms with Gasteiger partial charge in [-0.1, -0.05) is 37.1 Å². The van der Waals surface area contributed by atoms with Crippen molar-refractivity contribution in [1.29, 1.82) is 0 Å². The standard InChI is InChI=1S/C8H11.2FH.Hf/c1-2-5-8-6-3-4-7-8;;;/h3-4,6-7H,2,5H2,1H3;2*1H;/q;;;+2/p-2. The Balaban J connectivity index is 0.000000292. The zero-order chi connectivity index (χ0) is 8.53. The van der Waals surface area contributed by atoms with Crippen molar-refractivity contribution in [3.8, 4) is 0 Å². The van der Waals surface area contributed by atoms with Gasteiger partial charge in [0.25, 0.3) is 0 Å². The molecule has 0 N–H and O–H groups in total. The predicted molar refractivity (Wildman–Crippen MR) is 38.6 cm³/mol. The molecule has 0 spiro atoms. The number of halogens is 2. The van der Waals surface area contributed by atoms with Gasteiger partial charge < -0.3 is 0 Å². The van der Waals surface area contributed by atoms with Crippen molar-refractivity contribution in [2.75, 3.05) is 0 Å². The first-order valence-corrected chi connectivity index (χ1v) is 6.23. The average molecular weight is 324 g/mol. The zero-order valence-electron chi connectivity index (χ0n) is 6.48. The number of allylic oxidation sites excluding steroid dienone is 4. The number of hydrogen-bond donors (Lipinski definition) is 0. The second-order valence-corrected chi connectivity index (χ2v) is 2.63. The second kappa shape index (κ2) is 8.31. The molecule has 3 heteroatoms. The summed E-state index contributed by atoms with van der Waals surface area (Å²) in [7, 11) is 0. The quantitative estimate of drug-likeness (QED) is 0.684. The van der Waals surface area contributed by atoms with E-state index < -0.39 is 24.1 Å². The Kier molecular flexibility index (Phi) is 8.47. The van der Waals surface area contributed by atoms with Crippen molar-refractivity contribution in [1.82, 2.24) is 0 Å². The molecule has 0 nitrogen and oxygen atoms in total. The van der Waals surface area contributed by atoms with E-state index in [2.05, 4.69) is 31.6 Å². The Morgan fingerprint density at radius 3 is 2.45 bits per heavy atom. The van der Waals surface area contributed by atoms with Gasteiger partial charge in [0.2, 0.25) is 0 Å². The van der Waals surface area contributed by atoms with Crippen LogP contribution in [0, 0.1) is 6.42 Å². The molecule has 0 fully saturated rings. The van der Waals surface area contributed by atoms with Gasteiger partial charge in [0, 0.05) is 6.42 Å². The Morgan fingerprint density at radius 1 is 1.45 bits per heavy atom. The van der Waals surface area contributed by atoms with Gasteiger partial charge in [-0.2, -0.15) is 0 Å². The summed E-state index contributed by atoms with van der Waals surface area (Å²) in [6.45, 7) is 2.20. The molecular formula is C8H11F2Hf. The topological polar surface area (TPSA) is 0 Å². The predicted octanol–water partition coefficient (Wildman–Crippen LogP) is 3.32. The molecule has 1 rings (SSSR count). The number of rotatable bonds is 2. The normalized spacial score (nSPS) is 13.5. The molecule has 0 aliphatic heterocycles. The van der Waals surface area contributed by atoms with Crippen molar-refractivity contribution in [3.05, 3.63) is 30.2 Å². The van der Waals surface area contributed by atoms with Crippen LogP contribution in [0.4, 0.5) is 5.33 Å². The van der Waals surface area contributed by atoms with Crippen molar-refractivity contribution in [2.45, 2.75) is 19.8 Å². The molecule has 0 saturated carbocycles. The van der Waals surface area contributed by atoms with E-state index in [1.54, 1.807) is 0 Å². The maximum absolute atomic E-state index is 9.82. The van der Waals surface area contributed by atoms with Gasteiger partial charge in [0.05, 0.1) is 0 Å². The molecule has 0 aromatic heterocycles. The van der Waals surface area contributed by atoms with Gasteiger partial charge in [0.15, 0.2) is 0 Å². The summed E-state index contributed by atoms with van der Waals surface area (Å²) in [5, 5.41) is 0. The van der Waals surface area contributed by atoms with Crippen LogP contribution in [0.15, 0.2) is 23.8 Å². The first kappa shape index (κ1) is 11.2. The molecule has 0 aromatic rings. The Labute approximate surface area is 79.5 Å². The van der Waals surface area contributed by atoms with Crippen LogP contribution in [0.25, 0.3) is 0 Å². The molecule has 0 bridgehead atoms. The molecule has 1 aliphatic rings.